The fourth-order valence-corrected chi connectivity index (χ4v) is 13.0. The van der Waals surface area contributed by atoms with Crippen LogP contribution in [0.25, 0.3) is 27.5 Å². The Morgan fingerprint density at radius 2 is 1.29 bits per heavy atom. The quantitative estimate of drug-likeness (QED) is 0.0481. The van der Waals surface area contributed by atoms with E-state index in [0.717, 1.165) is 6.07 Å². The monoisotopic (exact) mass is 1450 g/mol. The summed E-state index contributed by atoms with van der Waals surface area (Å²) >= 11 is 0. The number of halogens is 2. The Labute approximate surface area is 600 Å². The normalized spacial score (nSPS) is 22.6. The second kappa shape index (κ2) is 34.4. The number of carbonyl (C=O) groups excluding carboxylic acids is 10. The number of imidazole rings is 1. The van der Waals surface area contributed by atoms with Crippen molar-refractivity contribution in [3.63, 3.8) is 0 Å². The molecule has 11 rings (SSSR count). The van der Waals surface area contributed by atoms with Crippen LogP contribution in [0.5, 0.6) is 5.75 Å². The predicted molar refractivity (Wildman–Crippen MR) is 376 cm³/mol. The molecule has 554 valence electrons. The molecule has 3 aliphatic rings. The van der Waals surface area contributed by atoms with Gasteiger partial charge in [-0.25, -0.2) is 18.4 Å². The molecule has 4 aromatic heterocycles. The number of methoxy groups -OCH3 is 1. The summed E-state index contributed by atoms with van der Waals surface area (Å²) < 4.78 is 36.5. The van der Waals surface area contributed by atoms with E-state index in [2.05, 4.69) is 72.8 Å². The van der Waals surface area contributed by atoms with Crippen LogP contribution in [0.3, 0.4) is 0 Å². The molecule has 0 spiro atoms. The van der Waals surface area contributed by atoms with Gasteiger partial charge in [-0.1, -0.05) is 29.5 Å². The lowest BCUT2D eigenvalue weighted by atomic mass is 9.94. The number of aromatic amines is 3. The molecule has 1 saturated heterocycles. The molecule has 0 unspecified atom stereocenters. The van der Waals surface area contributed by atoms with Gasteiger partial charge in [0.15, 0.2) is 0 Å². The Hall–Kier alpha value is -11.9. The molecule has 0 saturated carbocycles. The number of nitrogens with zero attached hydrogens (tertiary/aromatic N) is 5. The standard InChI is InChI=1S/C72H84F2N18O13/c1-39-64(97)83-56(29-43-35-78-52-22-16-44(73)30-51(43)52)66(99)84-57(28-42-34-79-54-31-45(74)15-21-50(42)54)67(100)86-59(33-62(94)95)69(102)85-58(32-47-36-77-38-80-47)68(101)87-60(27-41-13-19-49(105-3)20-14-41)70(103)91-25-7-23-72(91,2)71(104)88-55(63(76)96)26-40-11-17-48(18-12-40)92-37-46(89-90-92)8-6-10-61(93)82-53(65(98)81-39)9-4-5-24-75/h11-22,30-31,34-39,53,55-60,78-79H,4-10,23-29,32-33,75H2,1-3H3,(H2,76,96)(H,77,80)(H,81,98)(H,82,93)(H,83,97)(H,84,99)(H,85,102)(H,86,100)(H,87,101)(H,88,104)(H,94,95)/t39-,53+,55+,56+,57+,58+,59+,60+,72+/m1/s1. The van der Waals surface area contributed by atoms with Crippen molar-refractivity contribution in [3.05, 3.63) is 161 Å². The van der Waals surface area contributed by atoms with Gasteiger partial charge in [0, 0.05) is 91.2 Å². The Balaban J connectivity index is 1.00. The lowest BCUT2D eigenvalue weighted by Crippen LogP contribution is -2.63. The SMILES string of the molecule is COc1ccc(C[C@@H]2NC(=O)[C@H](Cc3cnc[nH]3)NC(=O)[C@H](CC(=O)O)NC(=O)[C@H](Cc3c[nH]c4cc(F)ccc34)NC(=O)[C@H](Cc3c[nH]c4ccc(F)cc34)NC(=O)[C@@H](C)NC(=O)[C@H](CCCCN)NC(=O)CCCc3cn(nn3)-c3ccc(cc3)C[C@@H](C(N)=O)NC(=O)[C@]3(C)CCCN3C2=O)cc1. The summed E-state index contributed by atoms with van der Waals surface area (Å²) in [5.74, 6) is -11.4. The molecule has 9 atom stereocenters. The highest BCUT2D eigenvalue weighted by Crippen LogP contribution is 2.32. The highest BCUT2D eigenvalue weighted by molar-refractivity contribution is 6.01. The van der Waals surface area contributed by atoms with E-state index in [0.29, 0.717) is 81.4 Å². The second-order valence-electron chi connectivity index (χ2n) is 26.5. The van der Waals surface area contributed by atoms with Crippen molar-refractivity contribution < 1.29 is 71.4 Å². The van der Waals surface area contributed by atoms with Gasteiger partial charge in [-0.2, -0.15) is 0 Å². The number of H-pyrrole nitrogens is 3. The number of nitrogens with two attached hydrogens (primary N) is 2. The average Bonchev–Trinajstić information content (AvgIpc) is 1.68. The fourth-order valence-electron chi connectivity index (χ4n) is 13.0. The summed E-state index contributed by atoms with van der Waals surface area (Å²) in [6.45, 7) is 3.15. The molecular formula is C72H84F2N18O13. The molecule has 0 radical (unpaired) electrons. The molecule has 8 aromatic rings. The smallest absolute Gasteiger partial charge is 0.305 e. The Bertz CT molecular complexity index is 4490. The van der Waals surface area contributed by atoms with E-state index in [1.165, 1.54) is 85.8 Å². The highest BCUT2D eigenvalue weighted by Gasteiger charge is 2.49. The largest absolute Gasteiger partial charge is 0.497 e. The number of unbranched alkanes of at least 4 members (excludes halogenated alkanes) is 1. The van der Waals surface area contributed by atoms with Crippen LogP contribution in [0.4, 0.5) is 8.78 Å². The van der Waals surface area contributed by atoms with Gasteiger partial charge in [0.05, 0.1) is 37.4 Å². The molecule has 0 aliphatic carbocycles. The number of carboxylic acid groups (broad SMARTS) is 1. The zero-order valence-electron chi connectivity index (χ0n) is 57.9. The highest BCUT2D eigenvalue weighted by atomic mass is 19.1. The van der Waals surface area contributed by atoms with E-state index in [-0.39, 0.29) is 75.7 Å². The summed E-state index contributed by atoms with van der Waals surface area (Å²) in [5, 5.41) is 40.9. The van der Waals surface area contributed by atoms with Gasteiger partial charge in [-0.15, -0.1) is 5.10 Å². The molecule has 10 amide bonds. The molecule has 33 heteroatoms. The van der Waals surface area contributed by atoms with E-state index in [4.69, 9.17) is 16.2 Å². The number of hydrogen-bond acceptors (Lipinski definition) is 16. The second-order valence-corrected chi connectivity index (χ2v) is 26.5. The van der Waals surface area contributed by atoms with Crippen molar-refractivity contribution in [2.24, 2.45) is 11.5 Å². The number of primary amides is 1. The number of carbonyl (C=O) groups is 11. The maximum absolute atomic E-state index is 15.3. The number of aryl methyl sites for hydroxylation is 1. The summed E-state index contributed by atoms with van der Waals surface area (Å²) in [6.07, 6.45) is 6.57. The lowest BCUT2D eigenvalue weighted by Gasteiger charge is -2.37. The van der Waals surface area contributed by atoms with Crippen LogP contribution in [-0.4, -0.2) is 184 Å². The molecule has 7 heterocycles. The molecule has 105 heavy (non-hydrogen) atoms. The third kappa shape index (κ3) is 19.4. The molecule has 16 N–H and O–H groups in total. The van der Waals surface area contributed by atoms with Crippen molar-refractivity contribution >= 4 is 86.8 Å². The minimum Gasteiger partial charge on any atom is -0.497 e. The van der Waals surface area contributed by atoms with Crippen molar-refractivity contribution in [2.75, 3.05) is 20.2 Å². The first kappa shape index (κ1) is 75.8. The third-order valence-electron chi connectivity index (χ3n) is 18.8. The maximum Gasteiger partial charge on any atom is 0.305 e. The van der Waals surface area contributed by atoms with E-state index < -0.39 is 143 Å². The number of amides is 10. The van der Waals surface area contributed by atoms with E-state index in [1.807, 2.05) is 0 Å². The fraction of sp³-hybridized carbons (Fsp3) is 0.389. The molecule has 1 fully saturated rings. The van der Waals surface area contributed by atoms with Gasteiger partial charge in [-0.3, -0.25) is 52.7 Å². The minimum absolute atomic E-state index is 0.0147. The summed E-state index contributed by atoms with van der Waals surface area (Å²) in [7, 11) is 1.46. The topological polar surface area (TPSA) is 460 Å². The number of carboxylic acids is 1. The summed E-state index contributed by atoms with van der Waals surface area (Å²) in [4.78, 5) is 173. The first-order valence-corrected chi connectivity index (χ1v) is 34.4. The maximum atomic E-state index is 15.3. The first-order chi connectivity index (χ1) is 50.3. The van der Waals surface area contributed by atoms with E-state index in [1.54, 1.807) is 54.7 Å². The lowest BCUT2D eigenvalue weighted by molar-refractivity contribution is -0.147. The van der Waals surface area contributed by atoms with Crippen LogP contribution in [0.15, 0.2) is 116 Å². The molecular weight excluding hydrogens is 1360 g/mol. The van der Waals surface area contributed by atoms with Crippen molar-refractivity contribution in [2.45, 2.75) is 158 Å². The Morgan fingerprint density at radius 1 is 0.657 bits per heavy atom. The Kier molecular flexibility index (Phi) is 24.8. The minimum atomic E-state index is -2.04. The van der Waals surface area contributed by atoms with Gasteiger partial charge in [0.1, 0.15) is 71.3 Å². The predicted octanol–water partition coefficient (Wildman–Crippen LogP) is 1.46. The number of nitrogens with one attached hydrogen (secondary N) is 11. The summed E-state index contributed by atoms with van der Waals surface area (Å²) in [5.41, 5.74) is 13.9. The van der Waals surface area contributed by atoms with Gasteiger partial charge in [0.25, 0.3) is 0 Å². The van der Waals surface area contributed by atoms with E-state index in [9.17, 15) is 47.4 Å². The van der Waals surface area contributed by atoms with Crippen molar-refractivity contribution in [1.29, 1.82) is 0 Å². The number of aliphatic carboxylic acids is 1. The zero-order chi connectivity index (χ0) is 75.1. The third-order valence-corrected chi connectivity index (χ3v) is 18.8. The van der Waals surface area contributed by atoms with E-state index >= 15 is 19.2 Å². The number of hydrogen-bond donors (Lipinski definition) is 14. The van der Waals surface area contributed by atoms with Gasteiger partial charge >= 0.3 is 5.97 Å². The number of rotatable bonds is 16. The van der Waals surface area contributed by atoms with Crippen LogP contribution < -0.4 is 58.7 Å². The summed E-state index contributed by atoms with van der Waals surface area (Å²) in [6, 6.07) is 8.50. The first-order valence-electron chi connectivity index (χ1n) is 34.4. The number of ether oxygens (including phenoxy) is 1. The van der Waals surface area contributed by atoms with Gasteiger partial charge < -0.3 is 83.7 Å². The van der Waals surface area contributed by atoms with Crippen molar-refractivity contribution in [1.82, 2.24) is 82.4 Å². The van der Waals surface area contributed by atoms with Gasteiger partial charge in [-0.05, 0) is 148 Å². The van der Waals surface area contributed by atoms with Crippen LogP contribution >= 0.6 is 0 Å². The van der Waals surface area contributed by atoms with Crippen LogP contribution in [0.2, 0.25) is 0 Å². The number of benzene rings is 4. The molecule has 3 aliphatic heterocycles. The molecule has 4 aromatic carbocycles. The number of aromatic nitrogens is 7. The van der Waals surface area contributed by atoms with Crippen LogP contribution in [0.1, 0.15) is 98.9 Å². The van der Waals surface area contributed by atoms with Gasteiger partial charge in [0.2, 0.25) is 59.1 Å². The number of fused-ring (bicyclic) bond motifs is 31. The average molecular weight is 1450 g/mol. The molecule has 31 nitrogen and oxygen atoms in total. The van der Waals surface area contributed by atoms with Crippen LogP contribution in [0, 0.1) is 11.6 Å². The Morgan fingerprint density at radius 3 is 1.95 bits per heavy atom. The molecule has 4 bridgehead atoms. The zero-order valence-corrected chi connectivity index (χ0v) is 57.9. The van der Waals surface area contributed by atoms with Crippen molar-refractivity contribution in [3.8, 4) is 11.4 Å². The van der Waals surface area contributed by atoms with Crippen LogP contribution in [-0.2, 0) is 91.3 Å².